The first-order valence-corrected chi connectivity index (χ1v) is 15.0. The van der Waals surface area contributed by atoms with Crippen LogP contribution in [0.3, 0.4) is 0 Å². The number of nitrogens with zero attached hydrogens (tertiary/aromatic N) is 2. The van der Waals surface area contributed by atoms with Gasteiger partial charge in [-0.2, -0.15) is 4.99 Å². The highest BCUT2D eigenvalue weighted by atomic mass is 31.2. The van der Waals surface area contributed by atoms with Crippen molar-refractivity contribution in [3.63, 3.8) is 0 Å². The van der Waals surface area contributed by atoms with E-state index >= 15 is 0 Å². The standard InChI is InChI=1S/C18H29N2O5P.C12H15NO2/c1-7-23-26(22,24-8-2)16(19-6)15(14-12-10-9-11-13-14)20-17(21)25-18(3,4)5;1-12(2,3)15-11(14)13-9-10-7-5-4-6-8-10/h9-13,15-16H,6-8H2,1-5H3,(H,20,21);4-9H,1-3H3. The molecule has 0 aromatic heterocycles. The maximum absolute atomic E-state index is 13.3. The molecule has 226 valence electrons. The summed E-state index contributed by atoms with van der Waals surface area (Å²) in [7, 11) is -3.66. The van der Waals surface area contributed by atoms with Crippen LogP contribution in [0.15, 0.2) is 70.6 Å². The molecule has 10 nitrogen and oxygen atoms in total. The van der Waals surface area contributed by atoms with E-state index in [-0.39, 0.29) is 13.2 Å². The lowest BCUT2D eigenvalue weighted by atomic mass is 10.1. The van der Waals surface area contributed by atoms with Gasteiger partial charge in [-0.3, -0.25) is 9.56 Å². The normalized spacial score (nSPS) is 13.4. The van der Waals surface area contributed by atoms with E-state index in [9.17, 15) is 14.2 Å². The smallest absolute Gasteiger partial charge is 0.434 e. The van der Waals surface area contributed by atoms with Gasteiger partial charge in [-0.25, -0.2) is 9.59 Å². The molecule has 0 radical (unpaired) electrons. The molecule has 0 aliphatic carbocycles. The number of amides is 2. The van der Waals surface area contributed by atoms with E-state index in [1.165, 1.54) is 6.21 Å². The monoisotopic (exact) mass is 589 g/mol. The number of alkyl carbamates (subject to hydrolysis) is 1. The molecule has 2 aromatic rings. The molecule has 0 saturated heterocycles. The fraction of sp³-hybridized carbons (Fsp3) is 0.467. The van der Waals surface area contributed by atoms with Crippen LogP contribution in [0.4, 0.5) is 9.59 Å². The molecule has 1 N–H and O–H groups in total. The van der Waals surface area contributed by atoms with Crippen molar-refractivity contribution >= 4 is 32.7 Å². The second-order valence-corrected chi connectivity index (χ2v) is 12.8. The lowest BCUT2D eigenvalue weighted by Gasteiger charge is -2.31. The number of aliphatic imine (C=N–C) groups is 2. The number of benzene rings is 2. The zero-order valence-corrected chi connectivity index (χ0v) is 26.2. The fourth-order valence-corrected chi connectivity index (χ4v) is 5.23. The Hall–Kier alpha value is -3.33. The number of hydrogen-bond acceptors (Lipinski definition) is 8. The molecule has 0 spiro atoms. The van der Waals surface area contributed by atoms with Gasteiger partial charge in [0.2, 0.25) is 0 Å². The minimum absolute atomic E-state index is 0.178. The molecule has 11 heteroatoms. The van der Waals surface area contributed by atoms with E-state index in [0.29, 0.717) is 5.56 Å². The van der Waals surface area contributed by atoms with Gasteiger partial charge in [-0.1, -0.05) is 60.7 Å². The summed E-state index contributed by atoms with van der Waals surface area (Å²) in [6, 6.07) is 17.7. The largest absolute Gasteiger partial charge is 0.444 e. The summed E-state index contributed by atoms with van der Waals surface area (Å²) in [6.45, 7) is 18.0. The Morgan fingerprint density at radius 1 is 0.878 bits per heavy atom. The molecule has 0 bridgehead atoms. The average molecular weight is 590 g/mol. The zero-order chi connectivity index (χ0) is 31.1. The minimum Gasteiger partial charge on any atom is -0.444 e. The molecule has 2 amide bonds. The van der Waals surface area contributed by atoms with Crippen LogP contribution in [0.1, 0.15) is 72.6 Å². The second-order valence-electron chi connectivity index (χ2n) is 10.7. The summed E-state index contributed by atoms with van der Waals surface area (Å²) in [4.78, 5) is 31.2. The highest BCUT2D eigenvalue weighted by Gasteiger charge is 2.42. The third kappa shape index (κ3) is 14.2. The molecule has 0 heterocycles. The molecule has 0 saturated carbocycles. The number of carbonyl (C=O) groups is 2. The van der Waals surface area contributed by atoms with E-state index in [1.807, 2.05) is 69.3 Å². The van der Waals surface area contributed by atoms with Crippen LogP contribution in [-0.4, -0.2) is 55.3 Å². The van der Waals surface area contributed by atoms with Crippen molar-refractivity contribution in [1.29, 1.82) is 0 Å². The summed E-state index contributed by atoms with van der Waals surface area (Å²) in [5.41, 5.74) is 0.399. The van der Waals surface area contributed by atoms with Gasteiger partial charge in [0.15, 0.2) is 5.78 Å². The molecular weight excluding hydrogens is 545 g/mol. The molecular formula is C30H44N3O7P. The Balaban J connectivity index is 0.000000474. The van der Waals surface area contributed by atoms with Crippen molar-refractivity contribution in [2.75, 3.05) is 13.2 Å². The summed E-state index contributed by atoms with van der Waals surface area (Å²) in [5, 5.41) is 2.74. The molecule has 2 atom stereocenters. The first-order chi connectivity index (χ1) is 19.1. The number of hydrogen-bond donors (Lipinski definition) is 1. The van der Waals surface area contributed by atoms with Crippen LogP contribution in [0.25, 0.3) is 0 Å². The molecule has 0 aliphatic heterocycles. The Kier molecular flexibility index (Phi) is 14.6. The van der Waals surface area contributed by atoms with Gasteiger partial charge in [0.25, 0.3) is 0 Å². The zero-order valence-electron chi connectivity index (χ0n) is 25.3. The van der Waals surface area contributed by atoms with Crippen LogP contribution in [0, 0.1) is 0 Å². The topological polar surface area (TPSA) is 125 Å². The van der Waals surface area contributed by atoms with Crippen LogP contribution < -0.4 is 5.32 Å². The number of carbonyl (C=O) groups excluding carboxylic acids is 2. The van der Waals surface area contributed by atoms with Crippen molar-refractivity contribution in [3.05, 3.63) is 71.8 Å². The predicted molar refractivity (Wildman–Crippen MR) is 163 cm³/mol. The van der Waals surface area contributed by atoms with Crippen molar-refractivity contribution in [1.82, 2.24) is 5.32 Å². The highest BCUT2D eigenvalue weighted by molar-refractivity contribution is 7.54. The first-order valence-electron chi connectivity index (χ1n) is 13.3. The maximum Gasteiger partial charge on any atom is 0.434 e. The Morgan fingerprint density at radius 2 is 1.37 bits per heavy atom. The molecule has 2 unspecified atom stereocenters. The minimum atomic E-state index is -3.66. The first kappa shape index (κ1) is 35.7. The fourth-order valence-electron chi connectivity index (χ4n) is 3.32. The Labute approximate surface area is 244 Å². The third-order valence-electron chi connectivity index (χ3n) is 4.77. The van der Waals surface area contributed by atoms with E-state index < -0.39 is 42.8 Å². The summed E-state index contributed by atoms with van der Waals surface area (Å²) < 4.78 is 34.4. The second kappa shape index (κ2) is 16.8. The lowest BCUT2D eigenvalue weighted by Crippen LogP contribution is -2.39. The van der Waals surface area contributed by atoms with Gasteiger partial charge in [0.1, 0.15) is 11.2 Å². The summed E-state index contributed by atoms with van der Waals surface area (Å²) >= 11 is 0. The van der Waals surface area contributed by atoms with Gasteiger partial charge < -0.3 is 23.8 Å². The van der Waals surface area contributed by atoms with Crippen molar-refractivity contribution < 1.29 is 32.7 Å². The number of rotatable bonds is 10. The van der Waals surface area contributed by atoms with E-state index in [0.717, 1.165) is 5.56 Å². The molecule has 2 rings (SSSR count). The SMILES string of the molecule is C=NC(C(NC(=O)OC(C)(C)C)c1ccccc1)P(=O)(OCC)OCC.CC(C)(C)OC(=O)N=Cc1ccccc1. The lowest BCUT2D eigenvalue weighted by molar-refractivity contribution is 0.0498. The van der Waals surface area contributed by atoms with Crippen molar-refractivity contribution in [3.8, 4) is 0 Å². The molecule has 0 aliphatic rings. The van der Waals surface area contributed by atoms with Crippen LogP contribution in [0.5, 0.6) is 0 Å². The van der Waals surface area contributed by atoms with Gasteiger partial charge in [0, 0.05) is 6.21 Å². The molecule has 41 heavy (non-hydrogen) atoms. The average Bonchev–Trinajstić information content (AvgIpc) is 2.87. The van der Waals surface area contributed by atoms with Gasteiger partial charge >= 0.3 is 19.8 Å². The molecule has 2 aromatic carbocycles. The van der Waals surface area contributed by atoms with E-state index in [4.69, 9.17) is 18.5 Å². The predicted octanol–water partition coefficient (Wildman–Crippen LogP) is 7.59. The van der Waals surface area contributed by atoms with Crippen LogP contribution >= 0.6 is 7.60 Å². The van der Waals surface area contributed by atoms with Gasteiger partial charge in [0.05, 0.1) is 19.3 Å². The quantitative estimate of drug-likeness (QED) is 0.224. The van der Waals surface area contributed by atoms with Gasteiger partial charge in [-0.05, 0) is 73.2 Å². The van der Waals surface area contributed by atoms with Gasteiger partial charge in [-0.15, -0.1) is 0 Å². The van der Waals surface area contributed by atoms with E-state index in [1.54, 1.807) is 46.8 Å². The van der Waals surface area contributed by atoms with Crippen LogP contribution in [-0.2, 0) is 23.1 Å². The van der Waals surface area contributed by atoms with Crippen molar-refractivity contribution in [2.24, 2.45) is 9.98 Å². The Morgan fingerprint density at radius 3 is 1.80 bits per heavy atom. The number of nitrogens with one attached hydrogen (secondary N) is 1. The maximum atomic E-state index is 13.3. The number of ether oxygens (including phenoxy) is 2. The summed E-state index contributed by atoms with van der Waals surface area (Å²) in [5.74, 6) is -1.02. The van der Waals surface area contributed by atoms with Crippen molar-refractivity contribution in [2.45, 2.75) is 78.4 Å². The third-order valence-corrected chi connectivity index (χ3v) is 7.12. The highest BCUT2D eigenvalue weighted by Crippen LogP contribution is 2.57. The molecule has 0 fully saturated rings. The van der Waals surface area contributed by atoms with Crippen LogP contribution in [0.2, 0.25) is 0 Å². The summed E-state index contributed by atoms with van der Waals surface area (Å²) in [6.07, 6.45) is 0.277. The van der Waals surface area contributed by atoms with E-state index in [2.05, 4.69) is 22.0 Å². The Bertz CT molecular complexity index is 1150.